The SMILES string of the molecule is O=C(NCc1nc2ccccc2[nH]1)c1cccc(S(=O)(=O)N2CCc3ccccc32)c1. The highest BCUT2D eigenvalue weighted by Gasteiger charge is 2.30. The van der Waals surface area contributed by atoms with Crippen LogP contribution in [0.5, 0.6) is 0 Å². The molecule has 0 atom stereocenters. The van der Waals surface area contributed by atoms with Crippen LogP contribution in [0.4, 0.5) is 5.69 Å². The summed E-state index contributed by atoms with van der Waals surface area (Å²) in [6, 6.07) is 21.2. The van der Waals surface area contributed by atoms with Crippen molar-refractivity contribution >= 4 is 32.7 Å². The fourth-order valence-corrected chi connectivity index (χ4v) is 5.39. The first-order chi connectivity index (χ1) is 15.0. The lowest BCUT2D eigenvalue weighted by molar-refractivity contribution is 0.0949. The van der Waals surface area contributed by atoms with Gasteiger partial charge in [-0.2, -0.15) is 0 Å². The molecule has 0 radical (unpaired) electrons. The van der Waals surface area contributed by atoms with E-state index >= 15 is 0 Å². The molecule has 156 valence electrons. The van der Waals surface area contributed by atoms with Gasteiger partial charge in [0.25, 0.3) is 15.9 Å². The Kier molecular flexibility index (Phi) is 4.71. The Morgan fingerprint density at radius 1 is 1.03 bits per heavy atom. The number of nitrogens with one attached hydrogen (secondary N) is 2. The number of carbonyl (C=O) groups excluding carboxylic acids is 1. The highest BCUT2D eigenvalue weighted by atomic mass is 32.2. The summed E-state index contributed by atoms with van der Waals surface area (Å²) in [7, 11) is -3.76. The van der Waals surface area contributed by atoms with Gasteiger partial charge >= 0.3 is 0 Å². The van der Waals surface area contributed by atoms with Crippen LogP contribution in [0.15, 0.2) is 77.7 Å². The molecule has 0 bridgehead atoms. The third-order valence-electron chi connectivity index (χ3n) is 5.38. The molecule has 4 aromatic rings. The minimum atomic E-state index is -3.76. The molecule has 7 nitrogen and oxygen atoms in total. The van der Waals surface area contributed by atoms with Crippen LogP contribution < -0.4 is 9.62 Å². The summed E-state index contributed by atoms with van der Waals surface area (Å²) in [5.41, 5.74) is 3.70. The minimum absolute atomic E-state index is 0.0978. The molecule has 0 saturated heterocycles. The van der Waals surface area contributed by atoms with E-state index in [0.29, 0.717) is 24.5 Å². The second-order valence-corrected chi connectivity index (χ2v) is 9.23. The number of hydrogen-bond donors (Lipinski definition) is 2. The van der Waals surface area contributed by atoms with Crippen LogP contribution in [0, 0.1) is 0 Å². The fraction of sp³-hybridized carbons (Fsp3) is 0.130. The lowest BCUT2D eigenvalue weighted by Gasteiger charge is -2.20. The van der Waals surface area contributed by atoms with Crippen molar-refractivity contribution in [2.45, 2.75) is 17.9 Å². The molecule has 31 heavy (non-hydrogen) atoms. The topological polar surface area (TPSA) is 95.2 Å². The van der Waals surface area contributed by atoms with Gasteiger partial charge in [0.15, 0.2) is 0 Å². The Labute approximate surface area is 179 Å². The molecular formula is C23H20N4O3S. The van der Waals surface area contributed by atoms with E-state index in [4.69, 9.17) is 0 Å². The van der Waals surface area contributed by atoms with Crippen molar-refractivity contribution in [2.75, 3.05) is 10.8 Å². The third-order valence-corrected chi connectivity index (χ3v) is 7.19. The van der Waals surface area contributed by atoms with E-state index < -0.39 is 10.0 Å². The van der Waals surface area contributed by atoms with Crippen LogP contribution in [-0.4, -0.2) is 30.8 Å². The quantitative estimate of drug-likeness (QED) is 0.506. The van der Waals surface area contributed by atoms with Crippen LogP contribution in [0.2, 0.25) is 0 Å². The first kappa shape index (κ1) is 19.3. The van der Waals surface area contributed by atoms with Crippen molar-refractivity contribution < 1.29 is 13.2 Å². The van der Waals surface area contributed by atoms with Gasteiger partial charge in [-0.25, -0.2) is 13.4 Å². The number of nitrogens with zero attached hydrogens (tertiary/aromatic N) is 2. The van der Waals surface area contributed by atoms with E-state index in [2.05, 4.69) is 15.3 Å². The Hall–Kier alpha value is -3.65. The summed E-state index contributed by atoms with van der Waals surface area (Å²) in [6.45, 7) is 0.605. The van der Waals surface area contributed by atoms with Crippen molar-refractivity contribution in [1.29, 1.82) is 0 Å². The summed E-state index contributed by atoms with van der Waals surface area (Å²) < 4.78 is 27.9. The van der Waals surface area contributed by atoms with E-state index in [1.165, 1.54) is 16.4 Å². The maximum Gasteiger partial charge on any atom is 0.264 e. The molecular weight excluding hydrogens is 412 g/mol. The molecule has 2 N–H and O–H groups in total. The van der Waals surface area contributed by atoms with Gasteiger partial charge in [-0.1, -0.05) is 36.4 Å². The number of H-pyrrole nitrogens is 1. The number of para-hydroxylation sites is 3. The molecule has 1 aromatic heterocycles. The molecule has 1 aliphatic rings. The number of anilines is 1. The van der Waals surface area contributed by atoms with Gasteiger partial charge < -0.3 is 10.3 Å². The number of rotatable bonds is 5. The molecule has 2 heterocycles. The molecule has 0 unspecified atom stereocenters. The van der Waals surface area contributed by atoms with E-state index in [0.717, 1.165) is 16.6 Å². The maximum absolute atomic E-state index is 13.2. The van der Waals surface area contributed by atoms with E-state index in [9.17, 15) is 13.2 Å². The number of carbonyl (C=O) groups is 1. The lowest BCUT2D eigenvalue weighted by atomic mass is 10.2. The second-order valence-electron chi connectivity index (χ2n) is 7.37. The highest BCUT2D eigenvalue weighted by Crippen LogP contribution is 2.32. The van der Waals surface area contributed by atoms with Gasteiger partial charge in [-0.15, -0.1) is 0 Å². The van der Waals surface area contributed by atoms with Crippen LogP contribution in [-0.2, 0) is 23.0 Å². The predicted molar refractivity (Wildman–Crippen MR) is 118 cm³/mol. The van der Waals surface area contributed by atoms with Gasteiger partial charge in [0.2, 0.25) is 0 Å². The molecule has 5 rings (SSSR count). The van der Waals surface area contributed by atoms with Crippen LogP contribution in [0.1, 0.15) is 21.7 Å². The summed E-state index contributed by atoms with van der Waals surface area (Å²) in [5.74, 6) is 0.270. The number of sulfonamides is 1. The lowest BCUT2D eigenvalue weighted by Crippen LogP contribution is -2.29. The number of aromatic nitrogens is 2. The molecule has 3 aromatic carbocycles. The van der Waals surface area contributed by atoms with E-state index in [-0.39, 0.29) is 22.9 Å². The normalized spacial score (nSPS) is 13.4. The Morgan fingerprint density at radius 3 is 2.71 bits per heavy atom. The fourth-order valence-electron chi connectivity index (χ4n) is 3.84. The molecule has 8 heteroatoms. The summed E-state index contributed by atoms with van der Waals surface area (Å²) in [5, 5.41) is 2.80. The van der Waals surface area contributed by atoms with Crippen molar-refractivity contribution in [3.05, 3.63) is 89.7 Å². The van der Waals surface area contributed by atoms with Gasteiger partial charge in [-0.05, 0) is 48.4 Å². The van der Waals surface area contributed by atoms with Crippen molar-refractivity contribution in [3.8, 4) is 0 Å². The Bertz CT molecular complexity index is 1360. The molecule has 0 aliphatic carbocycles. The number of imidazole rings is 1. The van der Waals surface area contributed by atoms with Crippen molar-refractivity contribution in [2.24, 2.45) is 0 Å². The number of benzene rings is 3. The first-order valence-electron chi connectivity index (χ1n) is 9.95. The van der Waals surface area contributed by atoms with Crippen LogP contribution in [0.25, 0.3) is 11.0 Å². The van der Waals surface area contributed by atoms with E-state index in [1.54, 1.807) is 12.1 Å². The molecule has 0 spiro atoms. The monoisotopic (exact) mass is 432 g/mol. The zero-order chi connectivity index (χ0) is 21.4. The number of aromatic amines is 1. The predicted octanol–water partition coefficient (Wildman–Crippen LogP) is 3.24. The first-order valence-corrected chi connectivity index (χ1v) is 11.4. The number of amides is 1. The molecule has 1 amide bonds. The Balaban J connectivity index is 1.35. The van der Waals surface area contributed by atoms with E-state index in [1.807, 2.05) is 48.5 Å². The van der Waals surface area contributed by atoms with Crippen LogP contribution in [0.3, 0.4) is 0 Å². The zero-order valence-corrected chi connectivity index (χ0v) is 17.4. The largest absolute Gasteiger partial charge is 0.345 e. The zero-order valence-electron chi connectivity index (χ0n) is 16.6. The summed E-state index contributed by atoms with van der Waals surface area (Å²) in [6.07, 6.45) is 0.674. The maximum atomic E-state index is 13.2. The second kappa shape index (κ2) is 7.55. The molecule has 0 saturated carbocycles. The average molecular weight is 433 g/mol. The highest BCUT2D eigenvalue weighted by molar-refractivity contribution is 7.92. The number of hydrogen-bond acceptors (Lipinski definition) is 4. The standard InChI is InChI=1S/C23H20N4O3S/c28-23(24-15-22-25-19-9-2-3-10-20(19)26-22)17-7-5-8-18(14-17)31(29,30)27-13-12-16-6-1-4-11-21(16)27/h1-11,14H,12-13,15H2,(H,24,28)(H,25,26). The minimum Gasteiger partial charge on any atom is -0.345 e. The molecule has 0 fully saturated rings. The van der Waals surface area contributed by atoms with Crippen molar-refractivity contribution in [3.63, 3.8) is 0 Å². The Morgan fingerprint density at radius 2 is 1.84 bits per heavy atom. The van der Waals surface area contributed by atoms with Crippen molar-refractivity contribution in [1.82, 2.24) is 15.3 Å². The smallest absolute Gasteiger partial charge is 0.264 e. The van der Waals surface area contributed by atoms with Gasteiger partial charge in [0, 0.05) is 12.1 Å². The number of fused-ring (bicyclic) bond motifs is 2. The van der Waals surface area contributed by atoms with Gasteiger partial charge in [0.05, 0.1) is 28.2 Å². The van der Waals surface area contributed by atoms with Gasteiger partial charge in [-0.3, -0.25) is 9.10 Å². The summed E-state index contributed by atoms with van der Waals surface area (Å²) in [4.78, 5) is 20.4. The van der Waals surface area contributed by atoms with Crippen LogP contribution >= 0.6 is 0 Å². The molecule has 1 aliphatic heterocycles. The summed E-state index contributed by atoms with van der Waals surface area (Å²) >= 11 is 0. The third kappa shape index (κ3) is 3.55. The average Bonchev–Trinajstić information content (AvgIpc) is 3.41. The van der Waals surface area contributed by atoms with Gasteiger partial charge in [0.1, 0.15) is 5.82 Å².